The first kappa shape index (κ1) is 15.0. The molecule has 1 amide bonds. The largest absolute Gasteiger partial charge is 0.350 e. The van der Waals surface area contributed by atoms with E-state index >= 15 is 0 Å². The molecule has 3 nitrogen and oxygen atoms in total. The van der Waals surface area contributed by atoms with Gasteiger partial charge in [0.25, 0.3) is 5.91 Å². The van der Waals surface area contributed by atoms with Gasteiger partial charge in [-0.1, -0.05) is 0 Å². The minimum atomic E-state index is 0.0395. The Kier molecular flexibility index (Phi) is 5.39. The summed E-state index contributed by atoms with van der Waals surface area (Å²) < 4.78 is 2.97. The molecule has 0 aromatic carbocycles. The van der Waals surface area contributed by atoms with Crippen molar-refractivity contribution in [3.05, 3.63) is 22.4 Å². The Balaban J connectivity index is 1.95. The average molecular weight is 345 g/mol. The molecule has 0 unspecified atom stereocenters. The number of thioether (sulfide) groups is 1. The third kappa shape index (κ3) is 4.02. The molecule has 2 rings (SSSR count). The summed E-state index contributed by atoms with van der Waals surface area (Å²) in [5, 5.41) is 3.09. The van der Waals surface area contributed by atoms with Gasteiger partial charge in [-0.3, -0.25) is 4.79 Å². The fraction of sp³-hybridized carbons (Fsp3) is 0.643. The average Bonchev–Trinajstić information content (AvgIpc) is 2.79. The molecular formula is C14H21BrN2OS. The Hall–Kier alpha value is -0.420. The van der Waals surface area contributed by atoms with Gasteiger partial charge in [-0.25, -0.2) is 0 Å². The number of carbonyl (C=O) groups is 1. The van der Waals surface area contributed by atoms with Crippen LogP contribution in [0.15, 0.2) is 16.7 Å². The summed E-state index contributed by atoms with van der Waals surface area (Å²) in [7, 11) is 0. The number of amides is 1. The summed E-state index contributed by atoms with van der Waals surface area (Å²) in [6.45, 7) is 4.98. The van der Waals surface area contributed by atoms with Crippen molar-refractivity contribution >= 4 is 33.6 Å². The van der Waals surface area contributed by atoms with Crippen molar-refractivity contribution in [2.24, 2.45) is 5.92 Å². The number of carbonyl (C=O) groups excluding carboxylic acids is 1. The third-order valence-corrected chi connectivity index (χ3v) is 4.98. The highest BCUT2D eigenvalue weighted by atomic mass is 79.9. The van der Waals surface area contributed by atoms with E-state index in [1.54, 1.807) is 0 Å². The topological polar surface area (TPSA) is 34.0 Å². The van der Waals surface area contributed by atoms with Crippen LogP contribution in [0.1, 0.15) is 43.2 Å². The van der Waals surface area contributed by atoms with Gasteiger partial charge in [0.05, 0.1) is 0 Å². The van der Waals surface area contributed by atoms with E-state index < -0.39 is 0 Å². The second kappa shape index (κ2) is 6.84. The van der Waals surface area contributed by atoms with Crippen LogP contribution in [-0.4, -0.2) is 28.5 Å². The first-order valence-electron chi connectivity index (χ1n) is 6.81. The second-order valence-corrected chi connectivity index (χ2v) is 7.45. The van der Waals surface area contributed by atoms with Crippen LogP contribution in [0.3, 0.4) is 0 Å². The zero-order valence-corrected chi connectivity index (χ0v) is 13.9. The Labute approximate surface area is 127 Å². The highest BCUT2D eigenvalue weighted by molar-refractivity contribution is 9.10. The molecule has 1 aromatic rings. The first-order chi connectivity index (χ1) is 9.08. The summed E-state index contributed by atoms with van der Waals surface area (Å²) in [5.41, 5.74) is 0.743. The van der Waals surface area contributed by atoms with Crippen LogP contribution in [0.2, 0.25) is 0 Å². The molecule has 1 aromatic heterocycles. The van der Waals surface area contributed by atoms with E-state index in [2.05, 4.69) is 35.1 Å². The lowest BCUT2D eigenvalue weighted by atomic mass is 10.0. The quantitative estimate of drug-likeness (QED) is 0.903. The molecule has 1 aliphatic rings. The second-order valence-electron chi connectivity index (χ2n) is 5.31. The Bertz CT molecular complexity index is 439. The normalized spacial score (nSPS) is 16.8. The number of nitrogens with one attached hydrogen (secondary N) is 1. The Morgan fingerprint density at radius 3 is 2.84 bits per heavy atom. The zero-order chi connectivity index (χ0) is 13.8. The van der Waals surface area contributed by atoms with Crippen molar-refractivity contribution in [3.63, 3.8) is 0 Å². The van der Waals surface area contributed by atoms with E-state index in [-0.39, 0.29) is 11.9 Å². The van der Waals surface area contributed by atoms with Gasteiger partial charge >= 0.3 is 0 Å². The number of halogens is 1. The smallest absolute Gasteiger partial charge is 0.267 e. The number of aromatic nitrogens is 1. The summed E-state index contributed by atoms with van der Waals surface area (Å²) in [4.78, 5) is 12.3. The maximum Gasteiger partial charge on any atom is 0.267 e. The van der Waals surface area contributed by atoms with Crippen LogP contribution < -0.4 is 5.32 Å². The minimum Gasteiger partial charge on any atom is -0.350 e. The van der Waals surface area contributed by atoms with Gasteiger partial charge < -0.3 is 9.88 Å². The van der Waals surface area contributed by atoms with E-state index in [9.17, 15) is 4.79 Å². The van der Waals surface area contributed by atoms with Crippen molar-refractivity contribution in [2.45, 2.75) is 32.7 Å². The number of hydrogen-bond donors (Lipinski definition) is 1. The lowest BCUT2D eigenvalue weighted by molar-refractivity contribution is 0.0935. The van der Waals surface area contributed by atoms with Gasteiger partial charge in [-0.2, -0.15) is 11.8 Å². The molecule has 0 spiro atoms. The van der Waals surface area contributed by atoms with E-state index in [1.807, 2.05) is 28.6 Å². The van der Waals surface area contributed by atoms with Crippen LogP contribution in [0.4, 0.5) is 0 Å². The molecule has 1 aliphatic heterocycles. The molecule has 5 heteroatoms. The maximum absolute atomic E-state index is 12.3. The van der Waals surface area contributed by atoms with Gasteiger partial charge in [-0.05, 0) is 66.1 Å². The molecular weight excluding hydrogens is 324 g/mol. The Morgan fingerprint density at radius 2 is 2.21 bits per heavy atom. The molecule has 0 aliphatic carbocycles. The Morgan fingerprint density at radius 1 is 1.53 bits per heavy atom. The van der Waals surface area contributed by atoms with Crippen molar-refractivity contribution in [2.75, 3.05) is 18.1 Å². The van der Waals surface area contributed by atoms with Gasteiger partial charge in [0, 0.05) is 23.3 Å². The van der Waals surface area contributed by atoms with Crippen LogP contribution >= 0.6 is 27.7 Å². The maximum atomic E-state index is 12.3. The van der Waals surface area contributed by atoms with E-state index in [4.69, 9.17) is 0 Å². The SMILES string of the molecule is CC(C)n1cc(Br)cc1C(=O)NCC1CCSCC1. The summed E-state index contributed by atoms with van der Waals surface area (Å²) in [5.74, 6) is 3.15. The standard InChI is InChI=1S/C14H21BrN2OS/c1-10(2)17-9-12(15)7-13(17)14(18)16-8-11-3-5-19-6-4-11/h7,9-11H,3-6,8H2,1-2H3,(H,16,18). The van der Waals surface area contributed by atoms with Crippen molar-refractivity contribution in [1.82, 2.24) is 9.88 Å². The van der Waals surface area contributed by atoms with Crippen LogP contribution in [0.5, 0.6) is 0 Å². The molecule has 0 atom stereocenters. The van der Waals surface area contributed by atoms with Crippen molar-refractivity contribution < 1.29 is 4.79 Å². The van der Waals surface area contributed by atoms with Crippen LogP contribution in [-0.2, 0) is 0 Å². The van der Waals surface area contributed by atoms with Gasteiger partial charge in [0.1, 0.15) is 5.69 Å². The molecule has 0 bridgehead atoms. The van der Waals surface area contributed by atoms with Crippen molar-refractivity contribution in [3.8, 4) is 0 Å². The predicted octanol–water partition coefficient (Wildman–Crippen LogP) is 3.70. The molecule has 106 valence electrons. The molecule has 1 saturated heterocycles. The molecule has 0 saturated carbocycles. The van der Waals surface area contributed by atoms with Gasteiger partial charge in [0.15, 0.2) is 0 Å². The zero-order valence-electron chi connectivity index (χ0n) is 11.5. The fourth-order valence-electron chi connectivity index (χ4n) is 2.33. The van der Waals surface area contributed by atoms with Gasteiger partial charge in [-0.15, -0.1) is 0 Å². The first-order valence-corrected chi connectivity index (χ1v) is 8.76. The van der Waals surface area contributed by atoms with E-state index in [0.29, 0.717) is 5.92 Å². The monoisotopic (exact) mass is 344 g/mol. The van der Waals surface area contributed by atoms with Crippen LogP contribution in [0.25, 0.3) is 0 Å². The van der Waals surface area contributed by atoms with Crippen LogP contribution in [0, 0.1) is 5.92 Å². The molecule has 19 heavy (non-hydrogen) atoms. The van der Waals surface area contributed by atoms with E-state index in [1.165, 1.54) is 24.3 Å². The molecule has 2 heterocycles. The lowest BCUT2D eigenvalue weighted by Gasteiger charge is -2.21. The van der Waals surface area contributed by atoms with Crippen molar-refractivity contribution in [1.29, 1.82) is 0 Å². The number of nitrogens with zero attached hydrogens (tertiary/aromatic N) is 1. The summed E-state index contributed by atoms with van der Waals surface area (Å²) >= 11 is 5.46. The highest BCUT2D eigenvalue weighted by Gasteiger charge is 2.18. The third-order valence-electron chi connectivity index (χ3n) is 3.50. The summed E-state index contributed by atoms with van der Waals surface area (Å²) in [6, 6.07) is 2.18. The molecule has 0 radical (unpaired) electrons. The predicted molar refractivity (Wildman–Crippen MR) is 84.9 cm³/mol. The van der Waals surface area contributed by atoms with Gasteiger partial charge in [0.2, 0.25) is 0 Å². The highest BCUT2D eigenvalue weighted by Crippen LogP contribution is 2.22. The number of hydrogen-bond acceptors (Lipinski definition) is 2. The van der Waals surface area contributed by atoms with E-state index in [0.717, 1.165) is 16.7 Å². The molecule has 1 N–H and O–H groups in total. The fourth-order valence-corrected chi connectivity index (χ4v) is 3.97. The lowest BCUT2D eigenvalue weighted by Crippen LogP contribution is -2.32. The molecule has 1 fully saturated rings. The summed E-state index contributed by atoms with van der Waals surface area (Å²) in [6.07, 6.45) is 4.41. The minimum absolute atomic E-state index is 0.0395. The number of rotatable bonds is 4.